The molecule has 0 bridgehead atoms. The Morgan fingerprint density at radius 3 is 3.00 bits per heavy atom. The molecule has 0 atom stereocenters. The van der Waals surface area contributed by atoms with Crippen molar-refractivity contribution in [1.29, 1.82) is 5.26 Å². The molecule has 0 fully saturated rings. The minimum atomic E-state index is 0.507. The van der Waals surface area contributed by atoms with E-state index in [-0.39, 0.29) is 0 Å². The van der Waals surface area contributed by atoms with E-state index < -0.39 is 0 Å². The van der Waals surface area contributed by atoms with E-state index in [9.17, 15) is 0 Å². The molecule has 0 aliphatic rings. The molecule has 86 valence electrons. The number of nitrogens with two attached hydrogens (primary N) is 1. The summed E-state index contributed by atoms with van der Waals surface area (Å²) in [5.74, 6) is 0. The molecule has 0 aliphatic carbocycles. The molecule has 0 saturated heterocycles. The Morgan fingerprint density at radius 2 is 2.35 bits per heavy atom. The minimum absolute atomic E-state index is 0.507. The third-order valence-electron chi connectivity index (χ3n) is 2.50. The predicted molar refractivity (Wildman–Crippen MR) is 69.8 cm³/mol. The highest BCUT2D eigenvalue weighted by Crippen LogP contribution is 2.26. The lowest BCUT2D eigenvalue weighted by atomic mass is 10.1. The zero-order valence-corrected chi connectivity index (χ0v) is 10.2. The first-order chi connectivity index (χ1) is 8.22. The first-order valence-corrected chi connectivity index (χ1v) is 6.03. The van der Waals surface area contributed by atoms with Gasteiger partial charge in [0.1, 0.15) is 6.07 Å². The molecule has 1 heterocycles. The van der Waals surface area contributed by atoms with Gasteiger partial charge in [-0.1, -0.05) is 6.07 Å². The molecule has 4 nitrogen and oxygen atoms in total. The molecule has 2 rings (SSSR count). The number of benzene rings is 1. The number of anilines is 2. The van der Waals surface area contributed by atoms with Crippen molar-refractivity contribution in [2.75, 3.05) is 17.7 Å². The van der Waals surface area contributed by atoms with Gasteiger partial charge in [0.25, 0.3) is 0 Å². The predicted octanol–water partition coefficient (Wildman–Crippen LogP) is 2.23. The van der Waals surface area contributed by atoms with Crippen molar-refractivity contribution >= 4 is 22.7 Å². The van der Waals surface area contributed by atoms with Gasteiger partial charge in [0, 0.05) is 12.4 Å². The van der Waals surface area contributed by atoms with Gasteiger partial charge >= 0.3 is 0 Å². The van der Waals surface area contributed by atoms with Gasteiger partial charge in [0.15, 0.2) is 0 Å². The van der Waals surface area contributed by atoms with Gasteiger partial charge < -0.3 is 10.6 Å². The van der Waals surface area contributed by atoms with Crippen LogP contribution in [0.25, 0.3) is 0 Å². The number of hydrogen-bond acceptors (Lipinski definition) is 5. The van der Waals surface area contributed by atoms with E-state index in [0.29, 0.717) is 17.8 Å². The quantitative estimate of drug-likeness (QED) is 0.841. The van der Waals surface area contributed by atoms with Crippen molar-refractivity contribution in [2.24, 2.45) is 0 Å². The molecule has 1 aromatic carbocycles. The summed E-state index contributed by atoms with van der Waals surface area (Å²) in [5, 5.41) is 10.9. The van der Waals surface area contributed by atoms with Crippen molar-refractivity contribution in [3.05, 3.63) is 40.3 Å². The SMILES string of the molecule is CN(Cc1cscn1)c1cccc(C#N)c1N. The lowest BCUT2D eigenvalue weighted by molar-refractivity contribution is 0.896. The standard InChI is InChI=1S/C12H12N4S/c1-16(6-10-7-17-8-15-10)11-4-2-3-9(5-13)12(11)14/h2-4,7-8H,6,14H2,1H3. The van der Waals surface area contributed by atoms with Crippen LogP contribution in [-0.2, 0) is 6.54 Å². The van der Waals surface area contributed by atoms with Gasteiger partial charge in [-0.25, -0.2) is 4.98 Å². The molecular formula is C12H12N4S. The lowest BCUT2D eigenvalue weighted by Gasteiger charge is -2.20. The minimum Gasteiger partial charge on any atom is -0.396 e. The van der Waals surface area contributed by atoms with Crippen LogP contribution in [0, 0.1) is 11.3 Å². The van der Waals surface area contributed by atoms with Crippen molar-refractivity contribution in [3.8, 4) is 6.07 Å². The number of para-hydroxylation sites is 1. The second kappa shape index (κ2) is 4.85. The summed E-state index contributed by atoms with van der Waals surface area (Å²) in [6.07, 6.45) is 0. The highest BCUT2D eigenvalue weighted by atomic mass is 32.1. The molecular weight excluding hydrogens is 232 g/mol. The van der Waals surface area contributed by atoms with Crippen molar-refractivity contribution in [1.82, 2.24) is 4.98 Å². The molecule has 0 spiro atoms. The zero-order chi connectivity index (χ0) is 12.3. The summed E-state index contributed by atoms with van der Waals surface area (Å²) < 4.78 is 0. The average Bonchev–Trinajstić information content (AvgIpc) is 2.82. The normalized spacial score (nSPS) is 9.88. The number of thiazole rings is 1. The number of nitriles is 1. The Labute approximate surface area is 104 Å². The fourth-order valence-corrected chi connectivity index (χ4v) is 2.18. The van der Waals surface area contributed by atoms with Gasteiger partial charge in [-0.2, -0.15) is 5.26 Å². The molecule has 0 radical (unpaired) electrons. The van der Waals surface area contributed by atoms with Gasteiger partial charge in [0.05, 0.1) is 34.7 Å². The Balaban J connectivity index is 2.25. The summed E-state index contributed by atoms with van der Waals surface area (Å²) >= 11 is 1.57. The van der Waals surface area contributed by atoms with Crippen LogP contribution >= 0.6 is 11.3 Å². The van der Waals surface area contributed by atoms with Crippen LogP contribution in [0.15, 0.2) is 29.1 Å². The molecule has 2 N–H and O–H groups in total. The first-order valence-electron chi connectivity index (χ1n) is 5.09. The largest absolute Gasteiger partial charge is 0.396 e. The smallest absolute Gasteiger partial charge is 0.101 e. The van der Waals surface area contributed by atoms with Gasteiger partial charge in [0.2, 0.25) is 0 Å². The number of aromatic nitrogens is 1. The molecule has 0 saturated carbocycles. The van der Waals surface area contributed by atoms with Crippen molar-refractivity contribution in [2.45, 2.75) is 6.54 Å². The van der Waals surface area contributed by atoms with Crippen LogP contribution in [-0.4, -0.2) is 12.0 Å². The van der Waals surface area contributed by atoms with E-state index in [0.717, 1.165) is 11.4 Å². The molecule has 0 amide bonds. The van der Waals surface area contributed by atoms with Crippen LogP contribution < -0.4 is 10.6 Å². The average molecular weight is 244 g/mol. The third kappa shape index (κ3) is 2.37. The Hall–Kier alpha value is -2.06. The third-order valence-corrected chi connectivity index (χ3v) is 3.13. The summed E-state index contributed by atoms with van der Waals surface area (Å²) in [7, 11) is 1.94. The Bertz CT molecular complexity index is 542. The van der Waals surface area contributed by atoms with E-state index in [2.05, 4.69) is 11.1 Å². The van der Waals surface area contributed by atoms with Crippen molar-refractivity contribution < 1.29 is 0 Å². The molecule has 17 heavy (non-hydrogen) atoms. The molecule has 5 heteroatoms. The Kier molecular flexibility index (Phi) is 3.26. The number of hydrogen-bond donors (Lipinski definition) is 1. The number of nitrogen functional groups attached to an aromatic ring is 1. The summed E-state index contributed by atoms with van der Waals surface area (Å²) in [6, 6.07) is 7.54. The summed E-state index contributed by atoms with van der Waals surface area (Å²) in [5.41, 5.74) is 10.6. The summed E-state index contributed by atoms with van der Waals surface area (Å²) in [6.45, 7) is 0.683. The second-order valence-electron chi connectivity index (χ2n) is 3.69. The highest BCUT2D eigenvalue weighted by Gasteiger charge is 2.09. The highest BCUT2D eigenvalue weighted by molar-refractivity contribution is 7.07. The maximum atomic E-state index is 8.92. The van der Waals surface area contributed by atoms with Crippen LogP contribution in [0.3, 0.4) is 0 Å². The van der Waals surface area contributed by atoms with Gasteiger partial charge in [-0.3, -0.25) is 0 Å². The van der Waals surface area contributed by atoms with Crippen molar-refractivity contribution in [3.63, 3.8) is 0 Å². The van der Waals surface area contributed by atoms with E-state index in [4.69, 9.17) is 11.0 Å². The van der Waals surface area contributed by atoms with Crippen LogP contribution in [0.1, 0.15) is 11.3 Å². The number of rotatable bonds is 3. The van der Waals surface area contributed by atoms with Crippen LogP contribution in [0.5, 0.6) is 0 Å². The fraction of sp³-hybridized carbons (Fsp3) is 0.167. The zero-order valence-electron chi connectivity index (χ0n) is 9.42. The second-order valence-corrected chi connectivity index (χ2v) is 4.40. The Morgan fingerprint density at radius 1 is 1.53 bits per heavy atom. The monoisotopic (exact) mass is 244 g/mol. The maximum Gasteiger partial charge on any atom is 0.101 e. The van der Waals surface area contributed by atoms with Crippen LogP contribution in [0.2, 0.25) is 0 Å². The molecule has 2 aromatic rings. The van der Waals surface area contributed by atoms with E-state index in [1.165, 1.54) is 0 Å². The number of nitrogens with zero attached hydrogens (tertiary/aromatic N) is 3. The molecule has 0 unspecified atom stereocenters. The molecule has 0 aliphatic heterocycles. The van der Waals surface area contributed by atoms with Crippen LogP contribution in [0.4, 0.5) is 11.4 Å². The van der Waals surface area contributed by atoms with Gasteiger partial charge in [-0.05, 0) is 12.1 Å². The van der Waals surface area contributed by atoms with Gasteiger partial charge in [-0.15, -0.1) is 11.3 Å². The van der Waals surface area contributed by atoms with E-state index in [1.807, 2.05) is 29.5 Å². The van der Waals surface area contributed by atoms with E-state index in [1.54, 1.807) is 22.9 Å². The maximum absolute atomic E-state index is 8.92. The molecule has 1 aromatic heterocycles. The summed E-state index contributed by atoms with van der Waals surface area (Å²) in [4.78, 5) is 6.22. The topological polar surface area (TPSA) is 65.9 Å². The fourth-order valence-electron chi connectivity index (χ4n) is 1.63. The van der Waals surface area contributed by atoms with E-state index >= 15 is 0 Å². The lowest BCUT2D eigenvalue weighted by Crippen LogP contribution is -2.18. The first kappa shape index (κ1) is 11.4.